The lowest BCUT2D eigenvalue weighted by atomic mass is 10.0. The number of hydrogen-bond donors (Lipinski definition) is 1. The summed E-state index contributed by atoms with van der Waals surface area (Å²) in [5, 5.41) is 7.57. The Kier molecular flexibility index (Phi) is 5.09. The lowest BCUT2D eigenvalue weighted by molar-refractivity contribution is 0.0292. The first kappa shape index (κ1) is 19.2. The van der Waals surface area contributed by atoms with E-state index >= 15 is 0 Å². The van der Waals surface area contributed by atoms with Gasteiger partial charge in [0.2, 0.25) is 0 Å². The van der Waals surface area contributed by atoms with Crippen LogP contribution in [0.25, 0.3) is 22.5 Å². The topological polar surface area (TPSA) is 71.1 Å². The molecule has 3 aromatic rings. The smallest absolute Gasteiger partial charge is 0.410 e. The SMILES string of the molecule is CC(C)(C)OC(=O)N1CCC(c2cc(-c3ccc(-c4ccccc4)cn3)n[nH]2)C1. The number of rotatable bonds is 3. The maximum absolute atomic E-state index is 12.3. The molecule has 29 heavy (non-hydrogen) atoms. The lowest BCUT2D eigenvalue weighted by Crippen LogP contribution is -2.35. The second-order valence-corrected chi connectivity index (χ2v) is 8.42. The third-order valence-electron chi connectivity index (χ3n) is 5.01. The van der Waals surface area contributed by atoms with Crippen molar-refractivity contribution in [3.05, 3.63) is 60.4 Å². The van der Waals surface area contributed by atoms with Gasteiger partial charge in [0.25, 0.3) is 0 Å². The number of amides is 1. The summed E-state index contributed by atoms with van der Waals surface area (Å²) in [6.45, 7) is 6.98. The highest BCUT2D eigenvalue weighted by molar-refractivity contribution is 5.69. The number of H-pyrrole nitrogens is 1. The molecule has 1 N–H and O–H groups in total. The highest BCUT2D eigenvalue weighted by atomic mass is 16.6. The quantitative estimate of drug-likeness (QED) is 0.693. The fourth-order valence-corrected chi connectivity index (χ4v) is 3.53. The van der Waals surface area contributed by atoms with Crippen molar-refractivity contribution in [3.63, 3.8) is 0 Å². The molecule has 1 saturated heterocycles. The number of likely N-dealkylation sites (tertiary alicyclic amines) is 1. The van der Waals surface area contributed by atoms with Crippen molar-refractivity contribution in [2.24, 2.45) is 0 Å². The van der Waals surface area contributed by atoms with Crippen molar-refractivity contribution in [3.8, 4) is 22.5 Å². The van der Waals surface area contributed by atoms with Gasteiger partial charge in [-0.15, -0.1) is 0 Å². The van der Waals surface area contributed by atoms with Crippen LogP contribution in [0.15, 0.2) is 54.7 Å². The monoisotopic (exact) mass is 390 g/mol. The lowest BCUT2D eigenvalue weighted by Gasteiger charge is -2.24. The van der Waals surface area contributed by atoms with Gasteiger partial charge in [0.15, 0.2) is 0 Å². The fourth-order valence-electron chi connectivity index (χ4n) is 3.53. The minimum atomic E-state index is -0.478. The minimum absolute atomic E-state index is 0.229. The van der Waals surface area contributed by atoms with Crippen molar-refractivity contribution < 1.29 is 9.53 Å². The fraction of sp³-hybridized carbons (Fsp3) is 0.348. The molecule has 0 bridgehead atoms. The average Bonchev–Trinajstić information content (AvgIpc) is 3.37. The number of aromatic amines is 1. The molecule has 1 amide bonds. The third-order valence-corrected chi connectivity index (χ3v) is 5.01. The van der Waals surface area contributed by atoms with Gasteiger partial charge >= 0.3 is 6.09 Å². The van der Waals surface area contributed by atoms with Crippen LogP contribution in [0.2, 0.25) is 0 Å². The van der Waals surface area contributed by atoms with Gasteiger partial charge in [0.1, 0.15) is 11.3 Å². The predicted octanol–water partition coefficient (Wildman–Crippen LogP) is 4.86. The van der Waals surface area contributed by atoms with Gasteiger partial charge in [0.05, 0.1) is 5.69 Å². The minimum Gasteiger partial charge on any atom is -0.444 e. The van der Waals surface area contributed by atoms with Crippen LogP contribution in [0.4, 0.5) is 4.79 Å². The Morgan fingerprint density at radius 2 is 1.90 bits per heavy atom. The van der Waals surface area contributed by atoms with E-state index < -0.39 is 5.60 Å². The molecule has 0 aliphatic carbocycles. The first-order valence-electron chi connectivity index (χ1n) is 9.94. The van der Waals surface area contributed by atoms with Crippen molar-refractivity contribution in [1.82, 2.24) is 20.1 Å². The van der Waals surface area contributed by atoms with Gasteiger partial charge in [-0.05, 0) is 44.9 Å². The van der Waals surface area contributed by atoms with E-state index in [1.807, 2.05) is 57.3 Å². The number of carbonyl (C=O) groups is 1. The van der Waals surface area contributed by atoms with Crippen LogP contribution in [-0.2, 0) is 4.74 Å². The molecular formula is C23H26N4O2. The van der Waals surface area contributed by atoms with Crippen LogP contribution >= 0.6 is 0 Å². The summed E-state index contributed by atoms with van der Waals surface area (Å²) < 4.78 is 5.48. The molecule has 0 radical (unpaired) electrons. The molecule has 4 rings (SSSR count). The molecule has 1 fully saturated rings. The van der Waals surface area contributed by atoms with Gasteiger partial charge in [-0.1, -0.05) is 36.4 Å². The van der Waals surface area contributed by atoms with E-state index in [9.17, 15) is 4.79 Å². The van der Waals surface area contributed by atoms with Crippen LogP contribution in [0.1, 0.15) is 38.8 Å². The van der Waals surface area contributed by atoms with E-state index in [1.54, 1.807) is 4.90 Å². The molecule has 6 heteroatoms. The zero-order valence-corrected chi connectivity index (χ0v) is 17.1. The van der Waals surface area contributed by atoms with E-state index in [2.05, 4.69) is 33.4 Å². The zero-order valence-electron chi connectivity index (χ0n) is 17.1. The summed E-state index contributed by atoms with van der Waals surface area (Å²) in [4.78, 5) is 18.6. The van der Waals surface area contributed by atoms with E-state index in [0.29, 0.717) is 13.1 Å². The summed E-state index contributed by atoms with van der Waals surface area (Å²) in [6.07, 6.45) is 2.51. The van der Waals surface area contributed by atoms with E-state index in [-0.39, 0.29) is 12.0 Å². The number of nitrogens with one attached hydrogen (secondary N) is 1. The van der Waals surface area contributed by atoms with E-state index in [1.165, 1.54) is 0 Å². The van der Waals surface area contributed by atoms with Crippen LogP contribution in [0.3, 0.4) is 0 Å². The Morgan fingerprint density at radius 3 is 2.59 bits per heavy atom. The molecule has 2 aromatic heterocycles. The normalized spacial score (nSPS) is 16.8. The van der Waals surface area contributed by atoms with E-state index in [0.717, 1.165) is 34.6 Å². The second-order valence-electron chi connectivity index (χ2n) is 8.42. The summed E-state index contributed by atoms with van der Waals surface area (Å²) >= 11 is 0. The molecule has 1 aliphatic heterocycles. The summed E-state index contributed by atoms with van der Waals surface area (Å²) in [5.74, 6) is 0.229. The third kappa shape index (κ3) is 4.47. The number of nitrogens with zero attached hydrogens (tertiary/aromatic N) is 3. The largest absolute Gasteiger partial charge is 0.444 e. The maximum Gasteiger partial charge on any atom is 0.410 e. The molecule has 1 atom stereocenters. The Labute approximate surface area is 170 Å². The van der Waals surface area contributed by atoms with Gasteiger partial charge in [-0.2, -0.15) is 5.10 Å². The number of aromatic nitrogens is 3. The van der Waals surface area contributed by atoms with Gasteiger partial charge in [0, 0.05) is 36.5 Å². The Hall–Kier alpha value is -3.15. The molecule has 0 saturated carbocycles. The Morgan fingerprint density at radius 1 is 1.10 bits per heavy atom. The van der Waals surface area contributed by atoms with Crippen molar-refractivity contribution in [2.45, 2.75) is 38.7 Å². The van der Waals surface area contributed by atoms with Crippen LogP contribution in [0, 0.1) is 0 Å². The summed E-state index contributed by atoms with van der Waals surface area (Å²) in [6, 6.07) is 16.3. The van der Waals surface area contributed by atoms with Crippen molar-refractivity contribution >= 4 is 6.09 Å². The first-order chi connectivity index (χ1) is 13.9. The standard InChI is InChI=1S/C23H26N4O2/c1-23(2,3)29-22(28)27-12-11-18(15-27)20-13-21(26-25-20)19-10-9-17(14-24-19)16-7-5-4-6-8-16/h4-10,13-14,18H,11-12,15H2,1-3H3,(H,25,26). The van der Waals surface area contributed by atoms with Crippen LogP contribution < -0.4 is 0 Å². The molecule has 3 heterocycles. The van der Waals surface area contributed by atoms with Crippen LogP contribution in [-0.4, -0.2) is 44.9 Å². The highest BCUT2D eigenvalue weighted by Gasteiger charge is 2.31. The molecule has 6 nitrogen and oxygen atoms in total. The molecule has 1 aromatic carbocycles. The molecule has 1 aliphatic rings. The van der Waals surface area contributed by atoms with Crippen LogP contribution in [0.5, 0.6) is 0 Å². The Balaban J connectivity index is 1.43. The predicted molar refractivity (Wildman–Crippen MR) is 112 cm³/mol. The molecule has 1 unspecified atom stereocenters. The van der Waals surface area contributed by atoms with Gasteiger partial charge in [-0.25, -0.2) is 4.79 Å². The number of benzene rings is 1. The first-order valence-corrected chi connectivity index (χ1v) is 9.94. The zero-order chi connectivity index (χ0) is 20.4. The number of ether oxygens (including phenoxy) is 1. The molecule has 0 spiro atoms. The van der Waals surface area contributed by atoms with Gasteiger partial charge < -0.3 is 9.64 Å². The van der Waals surface area contributed by atoms with E-state index in [4.69, 9.17) is 4.74 Å². The number of hydrogen-bond acceptors (Lipinski definition) is 4. The summed E-state index contributed by atoms with van der Waals surface area (Å²) in [7, 11) is 0. The molecule has 150 valence electrons. The van der Waals surface area contributed by atoms with Gasteiger partial charge in [-0.3, -0.25) is 10.1 Å². The number of carbonyl (C=O) groups excluding carboxylic acids is 1. The molecular weight excluding hydrogens is 364 g/mol. The highest BCUT2D eigenvalue weighted by Crippen LogP contribution is 2.29. The average molecular weight is 390 g/mol. The van der Waals surface area contributed by atoms with Crippen molar-refractivity contribution in [2.75, 3.05) is 13.1 Å². The maximum atomic E-state index is 12.3. The summed E-state index contributed by atoms with van der Waals surface area (Å²) in [5.41, 5.74) is 4.41. The second kappa shape index (κ2) is 7.70. The van der Waals surface area contributed by atoms with Crippen molar-refractivity contribution in [1.29, 1.82) is 0 Å². The number of pyridine rings is 1. The Bertz CT molecular complexity index is 974.